The van der Waals surface area contributed by atoms with Crippen molar-refractivity contribution in [1.29, 1.82) is 0 Å². The van der Waals surface area contributed by atoms with Gasteiger partial charge in [0.05, 0.1) is 24.3 Å². The molecule has 3 aromatic carbocycles. The van der Waals surface area contributed by atoms with E-state index in [4.69, 9.17) is 9.98 Å². The molecule has 1 fully saturated rings. The van der Waals surface area contributed by atoms with E-state index in [2.05, 4.69) is 106 Å². The number of aromatic nitrogens is 2. The Morgan fingerprint density at radius 3 is 2.42 bits per heavy atom. The summed E-state index contributed by atoms with van der Waals surface area (Å²) >= 11 is 0. The largest absolute Gasteiger partial charge is 0.340 e. The number of aliphatic imine (C=N–C) groups is 1. The molecule has 1 spiro atoms. The third-order valence-electron chi connectivity index (χ3n) is 8.18. The van der Waals surface area contributed by atoms with Crippen LogP contribution in [0.15, 0.2) is 89.9 Å². The van der Waals surface area contributed by atoms with Crippen LogP contribution in [0.5, 0.6) is 0 Å². The summed E-state index contributed by atoms with van der Waals surface area (Å²) in [6.07, 6.45) is 2.74. The van der Waals surface area contributed by atoms with Gasteiger partial charge in [-0.1, -0.05) is 84.9 Å². The third kappa shape index (κ3) is 3.92. The van der Waals surface area contributed by atoms with Gasteiger partial charge in [-0.05, 0) is 28.7 Å². The Bertz CT molecular complexity index is 1540. The Labute approximate surface area is 223 Å². The van der Waals surface area contributed by atoms with Gasteiger partial charge in [-0.3, -0.25) is 9.69 Å². The van der Waals surface area contributed by atoms with E-state index in [1.54, 1.807) is 0 Å². The van der Waals surface area contributed by atoms with E-state index in [1.165, 1.54) is 27.9 Å². The molecular formula is C32H31N5O. The highest BCUT2D eigenvalue weighted by Crippen LogP contribution is 2.41. The molecule has 0 radical (unpaired) electrons. The van der Waals surface area contributed by atoms with Crippen LogP contribution in [-0.4, -0.2) is 45.3 Å². The smallest absolute Gasteiger partial charge is 0.203 e. The van der Waals surface area contributed by atoms with Gasteiger partial charge in [0.1, 0.15) is 11.6 Å². The minimum atomic E-state index is -0.300. The molecule has 1 atom stereocenters. The molecule has 4 aromatic rings. The number of hydrogen-bond donors (Lipinski definition) is 0. The molecule has 7 rings (SSSR count). The van der Waals surface area contributed by atoms with Crippen molar-refractivity contribution >= 4 is 17.6 Å². The van der Waals surface area contributed by atoms with Crippen LogP contribution in [0, 0.1) is 0 Å². The summed E-state index contributed by atoms with van der Waals surface area (Å²) < 4.78 is 2.41. The van der Waals surface area contributed by atoms with Crippen molar-refractivity contribution in [3.05, 3.63) is 108 Å². The topological polar surface area (TPSA) is 53.7 Å². The second-order valence-corrected chi connectivity index (χ2v) is 10.9. The van der Waals surface area contributed by atoms with Crippen molar-refractivity contribution in [2.45, 2.75) is 44.3 Å². The van der Waals surface area contributed by atoms with E-state index in [1.807, 2.05) is 0 Å². The van der Waals surface area contributed by atoms with Crippen LogP contribution in [0.4, 0.5) is 5.82 Å². The molecule has 0 saturated heterocycles. The van der Waals surface area contributed by atoms with Gasteiger partial charge in [0, 0.05) is 32.9 Å². The SMILES string of the molecule is CN1Cc2c(nc(Cc3ccccc3-c3ccccc3)n2Cc2ccccc2)N2CC3(CCC(=O)C3)N=C12. The first-order valence-corrected chi connectivity index (χ1v) is 13.4. The zero-order valence-electron chi connectivity index (χ0n) is 21.7. The van der Waals surface area contributed by atoms with Gasteiger partial charge < -0.3 is 9.47 Å². The summed E-state index contributed by atoms with van der Waals surface area (Å²) in [5.41, 5.74) is 5.89. The molecule has 1 aliphatic carbocycles. The van der Waals surface area contributed by atoms with Gasteiger partial charge in [-0.2, -0.15) is 0 Å². The van der Waals surface area contributed by atoms with E-state index in [-0.39, 0.29) is 5.54 Å². The minimum absolute atomic E-state index is 0.300. The maximum atomic E-state index is 12.2. The molecule has 3 aliphatic rings. The van der Waals surface area contributed by atoms with Gasteiger partial charge in [0.2, 0.25) is 5.96 Å². The Balaban J connectivity index is 1.32. The van der Waals surface area contributed by atoms with Crippen molar-refractivity contribution in [1.82, 2.24) is 14.5 Å². The Hall–Kier alpha value is -4.19. The van der Waals surface area contributed by atoms with E-state index in [9.17, 15) is 4.79 Å². The summed E-state index contributed by atoms with van der Waals surface area (Å²) in [4.78, 5) is 27.2. The maximum absolute atomic E-state index is 12.2. The zero-order valence-corrected chi connectivity index (χ0v) is 21.7. The Morgan fingerprint density at radius 1 is 0.921 bits per heavy atom. The first kappa shape index (κ1) is 23.0. The molecule has 0 N–H and O–H groups in total. The second kappa shape index (κ2) is 8.98. The number of guanidine groups is 1. The monoisotopic (exact) mass is 501 g/mol. The maximum Gasteiger partial charge on any atom is 0.203 e. The lowest BCUT2D eigenvalue weighted by molar-refractivity contribution is -0.117. The molecule has 1 aromatic heterocycles. The van der Waals surface area contributed by atoms with Gasteiger partial charge >= 0.3 is 0 Å². The predicted octanol–water partition coefficient (Wildman–Crippen LogP) is 5.30. The van der Waals surface area contributed by atoms with Crippen molar-refractivity contribution in [3.8, 4) is 11.1 Å². The van der Waals surface area contributed by atoms with Gasteiger partial charge in [-0.25, -0.2) is 9.98 Å². The van der Waals surface area contributed by atoms with Crippen LogP contribution in [0.25, 0.3) is 11.1 Å². The lowest BCUT2D eigenvalue weighted by Gasteiger charge is -2.33. The number of ketones is 1. The molecule has 1 unspecified atom stereocenters. The highest BCUT2D eigenvalue weighted by molar-refractivity contribution is 6.00. The average molecular weight is 502 g/mol. The minimum Gasteiger partial charge on any atom is -0.340 e. The fourth-order valence-corrected chi connectivity index (χ4v) is 6.30. The van der Waals surface area contributed by atoms with Crippen LogP contribution >= 0.6 is 0 Å². The van der Waals surface area contributed by atoms with Crippen LogP contribution in [0.1, 0.15) is 41.9 Å². The van der Waals surface area contributed by atoms with Gasteiger partial charge in [0.15, 0.2) is 5.82 Å². The number of carbonyl (C=O) groups excluding carboxylic acids is 1. The Kier molecular flexibility index (Phi) is 5.43. The third-order valence-corrected chi connectivity index (χ3v) is 8.18. The lowest BCUT2D eigenvalue weighted by Crippen LogP contribution is -2.45. The second-order valence-electron chi connectivity index (χ2n) is 10.9. The molecular weight excluding hydrogens is 470 g/mol. The molecule has 6 heteroatoms. The lowest BCUT2D eigenvalue weighted by atomic mass is 9.97. The summed E-state index contributed by atoms with van der Waals surface area (Å²) in [6, 6.07) is 29.9. The number of carbonyl (C=O) groups is 1. The zero-order chi connectivity index (χ0) is 25.7. The number of hydrogen-bond acceptors (Lipinski definition) is 5. The molecule has 190 valence electrons. The summed E-state index contributed by atoms with van der Waals surface area (Å²) in [5, 5.41) is 0. The number of rotatable bonds is 5. The summed E-state index contributed by atoms with van der Waals surface area (Å²) in [5.74, 6) is 3.33. The van der Waals surface area contributed by atoms with Crippen LogP contribution < -0.4 is 4.90 Å². The fraction of sp³-hybridized carbons (Fsp3) is 0.281. The van der Waals surface area contributed by atoms with Crippen molar-refractivity contribution < 1.29 is 4.79 Å². The van der Waals surface area contributed by atoms with E-state index >= 15 is 0 Å². The quantitative estimate of drug-likeness (QED) is 0.372. The van der Waals surface area contributed by atoms with Gasteiger partial charge in [0.25, 0.3) is 0 Å². The highest BCUT2D eigenvalue weighted by Gasteiger charge is 2.49. The van der Waals surface area contributed by atoms with Gasteiger partial charge in [-0.15, -0.1) is 0 Å². The van der Waals surface area contributed by atoms with Crippen molar-refractivity contribution in [3.63, 3.8) is 0 Å². The molecule has 0 amide bonds. The van der Waals surface area contributed by atoms with Crippen molar-refractivity contribution in [2.24, 2.45) is 4.99 Å². The first-order valence-electron chi connectivity index (χ1n) is 13.4. The Morgan fingerprint density at radius 2 is 1.66 bits per heavy atom. The predicted molar refractivity (Wildman–Crippen MR) is 150 cm³/mol. The number of imidazole rings is 1. The first-order chi connectivity index (χ1) is 18.6. The van der Waals surface area contributed by atoms with Crippen LogP contribution in [0.2, 0.25) is 0 Å². The molecule has 3 heterocycles. The number of Topliss-reactive ketones (excluding diaryl/α,β-unsaturated/α-hetero) is 1. The van der Waals surface area contributed by atoms with E-state index in [0.29, 0.717) is 18.6 Å². The molecule has 0 bridgehead atoms. The number of fused-ring (bicyclic) bond motifs is 3. The molecule has 2 aliphatic heterocycles. The number of anilines is 1. The molecule has 38 heavy (non-hydrogen) atoms. The number of benzene rings is 3. The normalized spacial score (nSPS) is 20.1. The number of nitrogens with zero attached hydrogens (tertiary/aromatic N) is 5. The van der Waals surface area contributed by atoms with Crippen LogP contribution in [-0.2, 0) is 24.3 Å². The fourth-order valence-electron chi connectivity index (χ4n) is 6.30. The van der Waals surface area contributed by atoms with E-state index < -0.39 is 0 Å². The summed E-state index contributed by atoms with van der Waals surface area (Å²) in [6.45, 7) is 2.24. The average Bonchev–Trinajstić information content (AvgIpc) is 3.61. The molecule has 1 saturated carbocycles. The summed E-state index contributed by atoms with van der Waals surface area (Å²) in [7, 11) is 2.11. The highest BCUT2D eigenvalue weighted by atomic mass is 16.1. The van der Waals surface area contributed by atoms with Crippen LogP contribution in [0.3, 0.4) is 0 Å². The van der Waals surface area contributed by atoms with Crippen molar-refractivity contribution in [2.75, 3.05) is 18.5 Å². The standard InChI is InChI=1S/C32H31N5O/c1-35-21-28-30(37-22-32(34-31(35)37)17-16-26(38)19-32)33-29(36(28)20-23-10-4-2-5-11-23)18-25-14-8-9-15-27(25)24-12-6-3-7-13-24/h2-15H,16-22H2,1H3. The van der Waals surface area contributed by atoms with E-state index in [0.717, 1.165) is 50.1 Å². The molecule has 6 nitrogen and oxygen atoms in total.